The van der Waals surface area contributed by atoms with Crippen LogP contribution in [-0.4, -0.2) is 41.8 Å². The Kier molecular flexibility index (Phi) is 3.46. The molecule has 0 spiro atoms. The molecule has 1 aromatic carbocycles. The molecule has 0 unspecified atom stereocenters. The number of hydrogen-bond donors (Lipinski definition) is 0. The molecule has 4 heteroatoms. The maximum Gasteiger partial charge on any atom is 0.418 e. The Morgan fingerprint density at radius 2 is 2.12 bits per heavy atom. The van der Waals surface area contributed by atoms with Crippen LogP contribution in [0.1, 0.15) is 48.4 Å². The molecule has 2 aromatic rings. The second-order valence-electron chi connectivity index (χ2n) is 8.07. The number of benzene rings is 1. The minimum absolute atomic E-state index is 0.273. The highest BCUT2D eigenvalue weighted by atomic mass is 16.5. The van der Waals surface area contributed by atoms with Crippen molar-refractivity contribution in [3.8, 4) is 0 Å². The summed E-state index contributed by atoms with van der Waals surface area (Å²) in [6, 6.07) is 7.07. The molecule has 2 atom stereocenters. The molecule has 2 fully saturated rings. The average molecular weight is 338 g/mol. The van der Waals surface area contributed by atoms with Gasteiger partial charge in [0, 0.05) is 29.6 Å². The topological polar surface area (TPSA) is 34.5 Å². The third-order valence-corrected chi connectivity index (χ3v) is 6.64. The maximum atomic E-state index is 12.4. The highest BCUT2D eigenvalue weighted by Crippen LogP contribution is 2.46. The van der Waals surface area contributed by atoms with Gasteiger partial charge in [-0.25, -0.2) is 9.36 Å². The molecule has 2 aliphatic carbocycles. The van der Waals surface area contributed by atoms with Gasteiger partial charge in [-0.2, -0.15) is 0 Å². The molecule has 3 aliphatic rings. The van der Waals surface area contributed by atoms with Gasteiger partial charge >= 0.3 is 6.09 Å². The first kappa shape index (κ1) is 15.4. The van der Waals surface area contributed by atoms with Crippen molar-refractivity contribution in [2.75, 3.05) is 20.2 Å². The number of rotatable bonds is 2. The minimum atomic E-state index is -0.273. The van der Waals surface area contributed by atoms with E-state index >= 15 is 0 Å². The van der Waals surface area contributed by atoms with Crippen molar-refractivity contribution in [2.45, 2.75) is 51.0 Å². The van der Waals surface area contributed by atoms with Crippen LogP contribution in [0.2, 0.25) is 0 Å². The fraction of sp³-hybridized carbons (Fsp3) is 0.571. The van der Waals surface area contributed by atoms with Crippen molar-refractivity contribution < 1.29 is 9.53 Å². The van der Waals surface area contributed by atoms with Crippen molar-refractivity contribution >= 4 is 17.0 Å². The molecular weight excluding hydrogens is 312 g/mol. The number of carbonyl (C=O) groups excluding carboxylic acids is 1. The Labute approximate surface area is 148 Å². The summed E-state index contributed by atoms with van der Waals surface area (Å²) in [4.78, 5) is 15.1. The summed E-state index contributed by atoms with van der Waals surface area (Å²) < 4.78 is 6.83. The predicted molar refractivity (Wildman–Crippen MR) is 98.2 cm³/mol. The second kappa shape index (κ2) is 5.60. The number of fused-ring (bicyclic) bond motifs is 2. The molecule has 25 heavy (non-hydrogen) atoms. The molecule has 1 aromatic heterocycles. The first-order chi connectivity index (χ1) is 12.2. The molecule has 4 nitrogen and oxygen atoms in total. The van der Waals surface area contributed by atoms with Gasteiger partial charge in [0.15, 0.2) is 0 Å². The molecule has 1 saturated heterocycles. The first-order valence-corrected chi connectivity index (χ1v) is 9.64. The van der Waals surface area contributed by atoms with Crippen molar-refractivity contribution in [1.29, 1.82) is 0 Å². The van der Waals surface area contributed by atoms with Crippen LogP contribution < -0.4 is 0 Å². The lowest BCUT2D eigenvalue weighted by Crippen LogP contribution is -2.47. The van der Waals surface area contributed by atoms with Crippen LogP contribution in [0, 0.1) is 12.8 Å². The van der Waals surface area contributed by atoms with Gasteiger partial charge < -0.3 is 4.74 Å². The van der Waals surface area contributed by atoms with E-state index in [9.17, 15) is 4.79 Å². The monoisotopic (exact) mass is 338 g/mol. The molecule has 0 amide bonds. The van der Waals surface area contributed by atoms with Gasteiger partial charge in [0.2, 0.25) is 0 Å². The number of piperidine rings is 1. The van der Waals surface area contributed by atoms with Crippen LogP contribution in [-0.2, 0) is 11.2 Å². The summed E-state index contributed by atoms with van der Waals surface area (Å²) in [5.74, 6) is 1.54. The summed E-state index contributed by atoms with van der Waals surface area (Å²) in [6.07, 6.45) is 6.17. The molecule has 132 valence electrons. The predicted octanol–water partition coefficient (Wildman–Crippen LogP) is 4.08. The van der Waals surface area contributed by atoms with Crippen molar-refractivity contribution in [3.05, 3.63) is 35.0 Å². The summed E-state index contributed by atoms with van der Waals surface area (Å²) in [5.41, 5.74) is 4.90. The van der Waals surface area contributed by atoms with Crippen LogP contribution >= 0.6 is 0 Å². The minimum Gasteiger partial charge on any atom is -0.452 e. The van der Waals surface area contributed by atoms with E-state index in [0.29, 0.717) is 12.0 Å². The number of hydrogen-bond acceptors (Lipinski definition) is 3. The van der Waals surface area contributed by atoms with Gasteiger partial charge in [-0.3, -0.25) is 4.90 Å². The Balaban J connectivity index is 1.65. The van der Waals surface area contributed by atoms with E-state index in [1.54, 1.807) is 4.57 Å². The lowest BCUT2D eigenvalue weighted by molar-refractivity contribution is 0.118. The maximum absolute atomic E-state index is 12.4. The molecule has 5 rings (SSSR count). The lowest BCUT2D eigenvalue weighted by Gasteiger charge is -2.44. The van der Waals surface area contributed by atoms with Crippen molar-refractivity contribution in [3.63, 3.8) is 0 Å². The molecular formula is C21H26N2O2. The van der Waals surface area contributed by atoms with Crippen LogP contribution in [0.15, 0.2) is 18.2 Å². The smallest absolute Gasteiger partial charge is 0.418 e. The van der Waals surface area contributed by atoms with Gasteiger partial charge in [0.25, 0.3) is 0 Å². The fourth-order valence-electron chi connectivity index (χ4n) is 5.28. The number of ether oxygens (including phenoxy) is 1. The van der Waals surface area contributed by atoms with E-state index in [0.717, 1.165) is 23.5 Å². The molecule has 0 bridgehead atoms. The zero-order valence-electron chi connectivity index (χ0n) is 15.1. The quantitative estimate of drug-likeness (QED) is 0.827. The Morgan fingerprint density at radius 3 is 2.88 bits per heavy atom. The summed E-state index contributed by atoms with van der Waals surface area (Å²) in [6.45, 7) is 4.58. The van der Waals surface area contributed by atoms with Gasteiger partial charge in [-0.05, 0) is 68.7 Å². The zero-order chi connectivity index (χ0) is 17.1. The Morgan fingerprint density at radius 1 is 1.28 bits per heavy atom. The third kappa shape index (κ3) is 2.27. The molecule has 1 aliphatic heterocycles. The summed E-state index contributed by atoms with van der Waals surface area (Å²) in [5, 5.41) is 1.32. The van der Waals surface area contributed by atoms with Gasteiger partial charge in [0.1, 0.15) is 0 Å². The molecule has 0 radical (unpaired) electrons. The number of aromatic nitrogens is 1. The summed E-state index contributed by atoms with van der Waals surface area (Å²) >= 11 is 0. The van der Waals surface area contributed by atoms with E-state index in [2.05, 4.69) is 30.0 Å². The highest BCUT2D eigenvalue weighted by molar-refractivity contribution is 5.96. The summed E-state index contributed by atoms with van der Waals surface area (Å²) in [7, 11) is 1.47. The number of nitrogens with zero attached hydrogens (tertiary/aromatic N) is 2. The molecule has 2 heterocycles. The van der Waals surface area contributed by atoms with Crippen molar-refractivity contribution in [2.24, 2.45) is 5.92 Å². The van der Waals surface area contributed by atoms with Crippen LogP contribution in [0.25, 0.3) is 10.9 Å². The van der Waals surface area contributed by atoms with E-state index in [-0.39, 0.29) is 6.09 Å². The number of methoxy groups -OCH3 is 1. The number of carbonyl (C=O) groups is 1. The van der Waals surface area contributed by atoms with Gasteiger partial charge in [-0.1, -0.05) is 12.1 Å². The first-order valence-electron chi connectivity index (χ1n) is 9.64. The van der Waals surface area contributed by atoms with Crippen LogP contribution in [0.3, 0.4) is 0 Å². The molecule has 1 saturated carbocycles. The van der Waals surface area contributed by atoms with Crippen LogP contribution in [0.5, 0.6) is 0 Å². The van der Waals surface area contributed by atoms with Crippen LogP contribution in [0.4, 0.5) is 4.79 Å². The van der Waals surface area contributed by atoms with E-state index in [1.165, 1.54) is 62.4 Å². The van der Waals surface area contributed by atoms with E-state index in [1.807, 2.05) is 0 Å². The highest BCUT2D eigenvalue weighted by Gasteiger charge is 2.40. The second-order valence-corrected chi connectivity index (χ2v) is 8.07. The third-order valence-electron chi connectivity index (χ3n) is 6.64. The Hall–Kier alpha value is -1.81. The Bertz CT molecular complexity index is 849. The van der Waals surface area contributed by atoms with Gasteiger partial charge in [0.05, 0.1) is 12.6 Å². The number of likely N-dealkylation sites (tertiary alicyclic amines) is 1. The van der Waals surface area contributed by atoms with Crippen molar-refractivity contribution in [1.82, 2.24) is 9.47 Å². The van der Waals surface area contributed by atoms with E-state index in [4.69, 9.17) is 4.74 Å². The largest absolute Gasteiger partial charge is 0.452 e. The normalized spacial score (nSPS) is 25.8. The fourth-order valence-corrected chi connectivity index (χ4v) is 5.28. The van der Waals surface area contributed by atoms with E-state index < -0.39 is 0 Å². The SMILES string of the molecule is COC(=O)n1c(C)c2c3c(cccc31)[C@H]1CCCN(CC3CC3)[C@@H]1C2. The average Bonchev–Trinajstić information content (AvgIpc) is 3.40. The zero-order valence-corrected chi connectivity index (χ0v) is 15.1. The lowest BCUT2D eigenvalue weighted by atomic mass is 9.74. The standard InChI is InChI=1S/C21H26N2O2/c1-13-17-11-19-15(6-4-10-22(19)12-14-8-9-14)16-5-3-7-18(20(16)17)23(13)21(24)25-2/h3,5,7,14-15,19H,4,6,8-12H2,1-2H3/t15-,19-/m1/s1. The molecule has 0 N–H and O–H groups in total. The van der Waals surface area contributed by atoms with Gasteiger partial charge in [-0.15, -0.1) is 0 Å².